The van der Waals surface area contributed by atoms with E-state index in [1.165, 1.54) is 276 Å². The van der Waals surface area contributed by atoms with Crippen LogP contribution in [0.25, 0.3) is 158 Å². The van der Waals surface area contributed by atoms with E-state index in [1.807, 2.05) is 12.2 Å². The molecule has 4 aromatic carbocycles. The van der Waals surface area contributed by atoms with Crippen molar-refractivity contribution >= 4 is 113 Å². The summed E-state index contributed by atoms with van der Waals surface area (Å²) in [7, 11) is 0. The van der Waals surface area contributed by atoms with E-state index in [2.05, 4.69) is 277 Å². The quantitative estimate of drug-likeness (QED) is 0.0225. The molecule has 134 heavy (non-hydrogen) atoms. The lowest BCUT2D eigenvalue weighted by Crippen LogP contribution is -1.91. The topological polar surface area (TPSA) is 115 Å². The summed E-state index contributed by atoms with van der Waals surface area (Å²) < 4.78 is 0. The van der Waals surface area contributed by atoms with Crippen molar-refractivity contribution in [1.29, 1.82) is 0 Å². The predicted octanol–water partition coefficient (Wildman–Crippen LogP) is 38.4. The largest absolute Gasteiger partial charge is 0.354 e. The van der Waals surface area contributed by atoms with E-state index in [-0.39, 0.29) is 0 Å². The van der Waals surface area contributed by atoms with Crippen LogP contribution < -0.4 is 0 Å². The fourth-order valence-corrected chi connectivity index (χ4v) is 21.8. The van der Waals surface area contributed by atoms with Gasteiger partial charge in [-0.1, -0.05) is 344 Å². The molecular weight excluding hydrogens is 1630 g/mol. The molecular formula is C126H160N8. The zero-order valence-electron chi connectivity index (χ0n) is 85.3. The number of allylic oxidation sites excluding steroid dienone is 8. The number of aryl methyl sites for hydroxylation is 8. The minimum absolute atomic E-state index is 0.964. The molecule has 6 aromatic heterocycles. The maximum atomic E-state index is 6.08. The Kier molecular flexibility index (Phi) is 35.7. The van der Waals surface area contributed by atoms with Crippen LogP contribution >= 0.6 is 0 Å². The molecule has 4 aliphatic heterocycles. The second-order valence-electron chi connectivity index (χ2n) is 39.7. The number of nitrogens with one attached hydrogen (secondary N) is 4. The molecule has 14 rings (SSSR count). The van der Waals surface area contributed by atoms with Crippen LogP contribution in [0.15, 0.2) is 134 Å². The summed E-state index contributed by atoms with van der Waals surface area (Å²) in [6, 6.07) is 46.9. The van der Waals surface area contributed by atoms with E-state index >= 15 is 0 Å². The van der Waals surface area contributed by atoms with Gasteiger partial charge in [0.15, 0.2) is 0 Å². The number of fused-ring (bicyclic) bond motifs is 16. The molecule has 10 heterocycles. The molecule has 0 fully saturated rings. The number of aromatic nitrogens is 8. The smallest absolute Gasteiger partial charge is 0.0769 e. The molecule has 0 aliphatic carbocycles. The highest BCUT2D eigenvalue weighted by Gasteiger charge is 2.31. The summed E-state index contributed by atoms with van der Waals surface area (Å²) in [5.74, 6) is 0. The molecule has 0 atom stereocenters. The number of hydrogen-bond acceptors (Lipinski definition) is 4. The monoisotopic (exact) mass is 1790 g/mol. The van der Waals surface area contributed by atoms with Crippen LogP contribution in [-0.2, 0) is 25.7 Å². The lowest BCUT2D eigenvalue weighted by Gasteiger charge is -2.10. The standard InChI is InChI=1S/C126H160N8/c1-19-29-37-45-53-99-83(11)119-115(95-71-63-91(27-9)64-72-95)120-84(12)100(54-46-38-30-20-2)108(128-120)80-112-104(58-50-42-34-24-6)88(16)124(132-112)117(123-87(15)103(57-49-41-33-23-5)111(131-123)79-107(99)127-119)97-75-67-93(68-76-97)61-62-94-69-77-98(78-70-94)118-125-89(17)105(59-51-43-35-25-7)113(133-125)81-109-101(55-47-39-31-21-3)85(13)121(129-109)116(96-73-65-92(28-10)66-74-96)122-86(14)102(56-48-40-32-22-4)110(130-122)82-114-106(60-52-44-36-26-8)90(18)126(118)134-114/h27-28,61-82,127,129,132,134H,9-10,19-26,29-60H2,1-8,11-18H3/b62-61+,107-79?,108-80?,109-81?,110-82?,111-79?,112-80?,113-81?,114-82?,119-115?,120-115?,121-116?,122-116?,123-117?,124-117?,125-118?,126-118?. The van der Waals surface area contributed by atoms with Crippen LogP contribution in [0, 0.1) is 27.7 Å². The van der Waals surface area contributed by atoms with Crippen LogP contribution in [0.3, 0.4) is 0 Å². The van der Waals surface area contributed by atoms with Crippen LogP contribution in [0.2, 0.25) is 0 Å². The van der Waals surface area contributed by atoms with Crippen LogP contribution in [-0.4, -0.2) is 39.9 Å². The van der Waals surface area contributed by atoms with Crippen LogP contribution in [0.4, 0.5) is 0 Å². The number of H-pyrrole nitrogens is 4. The zero-order chi connectivity index (χ0) is 94.3. The van der Waals surface area contributed by atoms with Gasteiger partial charge in [-0.25, -0.2) is 19.9 Å². The summed E-state index contributed by atoms with van der Waals surface area (Å²) in [4.78, 5) is 41.3. The minimum Gasteiger partial charge on any atom is -0.354 e. The molecule has 0 unspecified atom stereocenters. The second-order valence-corrected chi connectivity index (χ2v) is 39.7. The third-order valence-corrected chi connectivity index (χ3v) is 30.1. The Morgan fingerprint density at radius 1 is 0.231 bits per heavy atom. The van der Waals surface area contributed by atoms with E-state index in [0.717, 1.165) is 226 Å². The van der Waals surface area contributed by atoms with Gasteiger partial charge < -0.3 is 19.9 Å². The number of benzene rings is 4. The van der Waals surface area contributed by atoms with Crippen LogP contribution in [0.1, 0.15) is 427 Å². The highest BCUT2D eigenvalue weighted by atomic mass is 14.8. The summed E-state index contributed by atoms with van der Waals surface area (Å²) in [6.45, 7) is 46.1. The SMILES string of the molecule is C=Cc1ccc(-c2c3nc(cc4[nH]c(c(C)c4CCCCCC)c(-c4ccc(/C=C/c5ccc(-c6c7nc(cc8[nH]c(c(C)c8CCCCCC)c(-c8ccc(C=C)cc8)c8nc(cc9[nH]c6c(C)c9CCCCCC)C(CCCCCC)=C8C)C(CCCCCC)=C7C)cc5)cc4)c4nc(cc5[nH]c2c(C)c5CCCCCC)C(CCCCCC)=C4C)C(CCCCCC)=C3C)cc1. The maximum absolute atomic E-state index is 6.08. The molecule has 0 amide bonds. The summed E-state index contributed by atoms with van der Waals surface area (Å²) in [6.07, 6.45) is 54.1. The molecule has 704 valence electrons. The van der Waals surface area contributed by atoms with E-state index in [9.17, 15) is 0 Å². The number of nitrogens with zero attached hydrogens (tertiary/aromatic N) is 4. The van der Waals surface area contributed by atoms with Crippen molar-refractivity contribution < 1.29 is 0 Å². The Morgan fingerprint density at radius 2 is 0.418 bits per heavy atom. The van der Waals surface area contributed by atoms with Crippen molar-refractivity contribution in [3.05, 3.63) is 247 Å². The zero-order valence-corrected chi connectivity index (χ0v) is 85.3. The Morgan fingerprint density at radius 3 is 0.604 bits per heavy atom. The number of hydrogen-bond donors (Lipinski definition) is 4. The van der Waals surface area contributed by atoms with Crippen LogP contribution in [0.5, 0.6) is 0 Å². The summed E-state index contributed by atoms with van der Waals surface area (Å²) in [5.41, 5.74) is 53.0. The molecule has 4 aliphatic rings. The first-order valence-corrected chi connectivity index (χ1v) is 53.2. The number of unbranched alkanes of at least 4 members (excludes halogenated alkanes) is 24. The average molecular weight is 1790 g/mol. The molecule has 16 bridgehead atoms. The lowest BCUT2D eigenvalue weighted by atomic mass is 9.93. The Balaban J connectivity index is 0.964. The molecule has 0 saturated carbocycles. The van der Waals surface area contributed by atoms with Gasteiger partial charge in [0.1, 0.15) is 0 Å². The van der Waals surface area contributed by atoms with Gasteiger partial charge in [0.05, 0.1) is 67.6 Å². The van der Waals surface area contributed by atoms with E-state index in [1.54, 1.807) is 0 Å². The first kappa shape index (κ1) is 99.3. The summed E-state index contributed by atoms with van der Waals surface area (Å²) in [5, 5.41) is 0. The fraction of sp³-hybridized carbons (Fsp3) is 0.444. The van der Waals surface area contributed by atoms with Gasteiger partial charge in [-0.2, -0.15) is 0 Å². The second kappa shape index (κ2) is 48.2. The van der Waals surface area contributed by atoms with Gasteiger partial charge >= 0.3 is 0 Å². The molecule has 8 heteroatoms. The lowest BCUT2D eigenvalue weighted by molar-refractivity contribution is 0.667. The Labute approximate surface area is 806 Å². The normalized spacial score (nSPS) is 13.0. The molecule has 4 N–H and O–H groups in total. The van der Waals surface area contributed by atoms with Gasteiger partial charge in [-0.05, 0) is 316 Å². The fourth-order valence-electron chi connectivity index (χ4n) is 21.8. The van der Waals surface area contributed by atoms with Crippen molar-refractivity contribution in [3.63, 3.8) is 0 Å². The molecule has 0 radical (unpaired) electrons. The third kappa shape index (κ3) is 22.7. The third-order valence-electron chi connectivity index (χ3n) is 30.1. The average Bonchev–Trinajstić information content (AvgIpc) is 1.59. The Hall–Kier alpha value is -10.7. The molecule has 8 nitrogen and oxygen atoms in total. The van der Waals surface area contributed by atoms with Gasteiger partial charge in [0.25, 0.3) is 0 Å². The van der Waals surface area contributed by atoms with Crippen molar-refractivity contribution in [2.75, 3.05) is 0 Å². The van der Waals surface area contributed by atoms with Crippen molar-refractivity contribution in [3.8, 4) is 44.5 Å². The Bertz CT molecular complexity index is 5930. The van der Waals surface area contributed by atoms with Crippen molar-refractivity contribution in [2.24, 2.45) is 0 Å². The highest BCUT2D eigenvalue weighted by Crippen LogP contribution is 2.49. The first-order valence-electron chi connectivity index (χ1n) is 53.2. The van der Waals surface area contributed by atoms with Gasteiger partial charge in [0.2, 0.25) is 0 Å². The van der Waals surface area contributed by atoms with Crippen molar-refractivity contribution in [2.45, 2.75) is 368 Å². The number of aromatic amines is 4. The molecule has 10 aromatic rings. The maximum Gasteiger partial charge on any atom is 0.0769 e. The predicted molar refractivity (Wildman–Crippen MR) is 588 cm³/mol. The highest BCUT2D eigenvalue weighted by molar-refractivity contribution is 6.07. The van der Waals surface area contributed by atoms with E-state index in [4.69, 9.17) is 19.9 Å². The van der Waals surface area contributed by atoms with Crippen molar-refractivity contribution in [1.82, 2.24) is 39.9 Å². The first-order chi connectivity index (χ1) is 65.4. The van der Waals surface area contributed by atoms with Gasteiger partial charge in [-0.3, -0.25) is 0 Å². The summed E-state index contributed by atoms with van der Waals surface area (Å²) >= 11 is 0. The minimum atomic E-state index is 0.964. The van der Waals surface area contributed by atoms with Gasteiger partial charge in [-0.15, -0.1) is 0 Å². The molecule has 0 spiro atoms. The van der Waals surface area contributed by atoms with Gasteiger partial charge in [0, 0.05) is 44.3 Å². The van der Waals surface area contributed by atoms with E-state index in [0.29, 0.717) is 0 Å². The number of rotatable bonds is 48. The van der Waals surface area contributed by atoms with E-state index < -0.39 is 0 Å². The molecule has 0 saturated heterocycles.